The Morgan fingerprint density at radius 2 is 1.63 bits per heavy atom. The first-order chi connectivity index (χ1) is 24.5. The third kappa shape index (κ3) is 7.66. The van der Waals surface area contributed by atoms with Crippen LogP contribution >= 0.6 is 0 Å². The number of rotatable bonds is 10. The first kappa shape index (κ1) is 37.3. The first-order valence-electron chi connectivity index (χ1n) is 18.3. The van der Waals surface area contributed by atoms with Crippen molar-refractivity contribution in [1.29, 1.82) is 0 Å². The molecule has 4 aromatic carbocycles. The van der Waals surface area contributed by atoms with Crippen molar-refractivity contribution in [2.24, 2.45) is 5.41 Å². The van der Waals surface area contributed by atoms with Gasteiger partial charge >= 0.3 is 21.1 Å². The van der Waals surface area contributed by atoms with Gasteiger partial charge in [-0.25, -0.2) is 4.98 Å². The summed E-state index contributed by atoms with van der Waals surface area (Å²) in [5.41, 5.74) is 11.3. The molecular formula is C46H48N4OPt. The molecule has 3 aromatic heterocycles. The molecule has 0 bridgehead atoms. The summed E-state index contributed by atoms with van der Waals surface area (Å²) in [6.07, 6.45) is 6.36. The third-order valence-corrected chi connectivity index (χ3v) is 10.0. The molecule has 268 valence electrons. The zero-order chi connectivity index (χ0) is 35.9. The molecule has 0 aliphatic heterocycles. The molecule has 7 aromatic rings. The summed E-state index contributed by atoms with van der Waals surface area (Å²) in [6.45, 7) is 17.8. The molecule has 1 unspecified atom stereocenters. The minimum Gasteiger partial charge on any atom is -0.509 e. The summed E-state index contributed by atoms with van der Waals surface area (Å²) in [7, 11) is 0. The van der Waals surface area contributed by atoms with Gasteiger partial charge in [-0.15, -0.1) is 35.7 Å². The summed E-state index contributed by atoms with van der Waals surface area (Å²) in [6, 6.07) is 37.1. The molecule has 0 saturated carbocycles. The minimum absolute atomic E-state index is 0. The van der Waals surface area contributed by atoms with Crippen molar-refractivity contribution in [1.82, 2.24) is 19.3 Å². The Labute approximate surface area is 323 Å². The van der Waals surface area contributed by atoms with E-state index in [1.54, 1.807) is 0 Å². The molecule has 0 spiro atoms. The average Bonchev–Trinajstić information content (AvgIpc) is 3.59. The van der Waals surface area contributed by atoms with Gasteiger partial charge in [0.15, 0.2) is 0 Å². The third-order valence-electron chi connectivity index (χ3n) is 10.0. The first-order valence-corrected chi connectivity index (χ1v) is 18.3. The van der Waals surface area contributed by atoms with Gasteiger partial charge in [-0.1, -0.05) is 95.4 Å². The Morgan fingerprint density at radius 1 is 0.846 bits per heavy atom. The van der Waals surface area contributed by atoms with Crippen molar-refractivity contribution >= 4 is 21.8 Å². The Morgan fingerprint density at radius 3 is 2.37 bits per heavy atom. The van der Waals surface area contributed by atoms with Crippen LogP contribution in [-0.4, -0.2) is 19.3 Å². The van der Waals surface area contributed by atoms with Gasteiger partial charge in [0.05, 0.1) is 5.69 Å². The summed E-state index contributed by atoms with van der Waals surface area (Å²) in [4.78, 5) is 4.81. The number of pyridine rings is 1. The zero-order valence-corrected chi connectivity index (χ0v) is 33.9. The van der Waals surface area contributed by atoms with Gasteiger partial charge < -0.3 is 9.30 Å². The van der Waals surface area contributed by atoms with E-state index in [2.05, 4.69) is 139 Å². The van der Waals surface area contributed by atoms with Gasteiger partial charge in [0, 0.05) is 34.5 Å². The van der Waals surface area contributed by atoms with E-state index < -0.39 is 0 Å². The Hall–Kier alpha value is -4.47. The molecule has 0 saturated heterocycles. The van der Waals surface area contributed by atoms with Crippen LogP contribution in [-0.2, 0) is 27.5 Å². The molecule has 7 rings (SSSR count). The second-order valence-electron chi connectivity index (χ2n) is 15.3. The fraction of sp³-hybridized carbons (Fsp3) is 0.304. The standard InChI is InChI=1S/C46H48N4O.Pt/c1-9-34-25-37(50-33(5)45(32(4)48-50)35-15-11-10-12-16-35)28-39(26-34)51-38-18-19-40-41-27-36(31(3)14-13-22-46(6,7)8)17-20-42(41)49(43(40)29-38)44-24-30(2)21-23-47-44;/h10-12,15-21,23-27,31H,9,13-14,22H2,1-8H3;/q-2;+2. The molecule has 0 radical (unpaired) electrons. The minimum atomic E-state index is 0. The SMILES string of the molecule is CCc1cc(Oc2[c-]c3c(cc2)c2cc(C(C)CCCC(C)(C)C)ccc2n3-c2cc(C)ccn2)[c-]c(-n2nc(C)c(-c3ccccc3)c2C)c1.[Pt+2]. The number of benzene rings is 4. The molecular weight excluding hydrogens is 820 g/mol. The fourth-order valence-corrected chi connectivity index (χ4v) is 7.27. The van der Waals surface area contributed by atoms with Crippen LogP contribution in [0.2, 0.25) is 0 Å². The maximum Gasteiger partial charge on any atom is 2.00 e. The van der Waals surface area contributed by atoms with Crippen LogP contribution in [0.25, 0.3) is 44.4 Å². The summed E-state index contributed by atoms with van der Waals surface area (Å²) in [5, 5.41) is 7.29. The largest absolute Gasteiger partial charge is 2.00 e. The summed E-state index contributed by atoms with van der Waals surface area (Å²) in [5.74, 6) is 2.61. The van der Waals surface area contributed by atoms with E-state index >= 15 is 0 Å². The number of fused-ring (bicyclic) bond motifs is 3. The van der Waals surface area contributed by atoms with Gasteiger partial charge in [0.1, 0.15) is 5.82 Å². The Balaban J connectivity index is 0.00000464. The van der Waals surface area contributed by atoms with Gasteiger partial charge in [0.2, 0.25) is 0 Å². The van der Waals surface area contributed by atoms with E-state index in [9.17, 15) is 0 Å². The van der Waals surface area contributed by atoms with Crippen molar-refractivity contribution in [3.05, 3.63) is 131 Å². The molecule has 0 fully saturated rings. The number of ether oxygens (including phenoxy) is 1. The molecule has 5 nitrogen and oxygen atoms in total. The monoisotopic (exact) mass is 867 g/mol. The average molecular weight is 868 g/mol. The van der Waals surface area contributed by atoms with E-state index in [-0.39, 0.29) is 21.1 Å². The van der Waals surface area contributed by atoms with Crippen LogP contribution < -0.4 is 4.74 Å². The quantitative estimate of drug-likeness (QED) is 0.129. The predicted octanol–water partition coefficient (Wildman–Crippen LogP) is 12.2. The smallest absolute Gasteiger partial charge is 0.509 e. The molecule has 0 amide bonds. The molecule has 0 aliphatic rings. The van der Waals surface area contributed by atoms with Crippen molar-refractivity contribution in [2.75, 3.05) is 0 Å². The second kappa shape index (κ2) is 15.2. The molecule has 52 heavy (non-hydrogen) atoms. The predicted molar refractivity (Wildman–Crippen MR) is 211 cm³/mol. The maximum absolute atomic E-state index is 6.61. The second-order valence-corrected chi connectivity index (χ2v) is 15.3. The molecule has 1 atom stereocenters. The van der Waals surface area contributed by atoms with Crippen LogP contribution in [0, 0.1) is 38.3 Å². The molecule has 3 heterocycles. The van der Waals surface area contributed by atoms with Crippen molar-refractivity contribution in [3.8, 4) is 34.1 Å². The number of hydrogen-bond acceptors (Lipinski definition) is 3. The van der Waals surface area contributed by atoms with Crippen LogP contribution in [0.1, 0.15) is 87.9 Å². The van der Waals surface area contributed by atoms with E-state index in [1.165, 1.54) is 30.2 Å². The van der Waals surface area contributed by atoms with E-state index in [1.807, 2.05) is 29.1 Å². The van der Waals surface area contributed by atoms with Gasteiger partial charge in [-0.3, -0.25) is 4.68 Å². The van der Waals surface area contributed by atoms with E-state index in [0.29, 0.717) is 22.8 Å². The zero-order valence-electron chi connectivity index (χ0n) is 31.6. The number of nitrogens with zero attached hydrogens (tertiary/aromatic N) is 4. The topological polar surface area (TPSA) is 44.9 Å². The number of hydrogen-bond donors (Lipinski definition) is 0. The van der Waals surface area contributed by atoms with Gasteiger partial charge in [0.25, 0.3) is 0 Å². The van der Waals surface area contributed by atoms with Crippen LogP contribution in [0.3, 0.4) is 0 Å². The van der Waals surface area contributed by atoms with Crippen LogP contribution in [0.5, 0.6) is 11.5 Å². The number of aryl methyl sites for hydroxylation is 3. The van der Waals surface area contributed by atoms with E-state index in [0.717, 1.165) is 68.0 Å². The van der Waals surface area contributed by atoms with Crippen molar-refractivity contribution < 1.29 is 25.8 Å². The Kier molecular flexibility index (Phi) is 10.9. The molecule has 6 heteroatoms. The summed E-state index contributed by atoms with van der Waals surface area (Å²) < 4.78 is 10.8. The van der Waals surface area contributed by atoms with Crippen molar-refractivity contribution in [2.45, 2.75) is 87.0 Å². The Bertz CT molecular complexity index is 2350. The van der Waals surface area contributed by atoms with Crippen molar-refractivity contribution in [3.63, 3.8) is 0 Å². The summed E-state index contributed by atoms with van der Waals surface area (Å²) >= 11 is 0. The van der Waals surface area contributed by atoms with Gasteiger partial charge in [-0.2, -0.15) is 16.7 Å². The maximum atomic E-state index is 6.61. The van der Waals surface area contributed by atoms with Gasteiger partial charge in [-0.05, 0) is 90.9 Å². The van der Waals surface area contributed by atoms with Crippen LogP contribution in [0.15, 0.2) is 91.1 Å². The number of aromatic nitrogens is 4. The van der Waals surface area contributed by atoms with E-state index in [4.69, 9.17) is 14.8 Å². The fourth-order valence-electron chi connectivity index (χ4n) is 7.27. The molecule has 0 aliphatic carbocycles. The molecule has 0 N–H and O–H groups in total. The van der Waals surface area contributed by atoms with Crippen LogP contribution in [0.4, 0.5) is 0 Å². The normalized spacial score (nSPS) is 12.3.